The first kappa shape index (κ1) is 17.6. The van der Waals surface area contributed by atoms with Crippen LogP contribution < -0.4 is 10.1 Å². The van der Waals surface area contributed by atoms with Gasteiger partial charge in [-0.1, -0.05) is 0 Å². The van der Waals surface area contributed by atoms with Gasteiger partial charge in [0.1, 0.15) is 18.1 Å². The van der Waals surface area contributed by atoms with Gasteiger partial charge in [-0.3, -0.25) is 9.59 Å². The Kier molecular flexibility index (Phi) is 4.83. The van der Waals surface area contributed by atoms with Crippen molar-refractivity contribution in [2.45, 2.75) is 37.8 Å². The van der Waals surface area contributed by atoms with E-state index in [1.807, 2.05) is 24.1 Å². The number of ether oxygens (including phenoxy) is 1. The summed E-state index contributed by atoms with van der Waals surface area (Å²) in [5, 5.41) is 2.97. The number of aromatic nitrogens is 2. The zero-order valence-corrected chi connectivity index (χ0v) is 15.4. The van der Waals surface area contributed by atoms with E-state index in [0.717, 1.165) is 32.2 Å². The lowest BCUT2D eigenvalue weighted by molar-refractivity contribution is 0.0681. The molecule has 1 aromatic heterocycles. The summed E-state index contributed by atoms with van der Waals surface area (Å²) in [4.78, 5) is 30.7. The number of benzene rings is 1. The molecule has 2 fully saturated rings. The molecule has 142 valence electrons. The second-order valence-electron chi connectivity index (χ2n) is 7.27. The van der Waals surface area contributed by atoms with E-state index in [0.29, 0.717) is 29.7 Å². The predicted octanol–water partition coefficient (Wildman–Crippen LogP) is 2.00. The first-order chi connectivity index (χ1) is 13.1. The number of nitrogens with zero attached hydrogens (tertiary/aromatic N) is 3. The summed E-state index contributed by atoms with van der Waals surface area (Å²) in [5.41, 5.74) is 1.23. The van der Waals surface area contributed by atoms with Gasteiger partial charge in [-0.15, -0.1) is 0 Å². The third-order valence-corrected chi connectivity index (χ3v) is 5.15. The Hall–Kier alpha value is -2.83. The molecule has 0 radical (unpaired) electrons. The maximum absolute atomic E-state index is 12.7. The van der Waals surface area contributed by atoms with Gasteiger partial charge in [-0.05, 0) is 49.9 Å². The number of hydrogen-bond donors (Lipinski definition) is 1. The second kappa shape index (κ2) is 7.42. The highest BCUT2D eigenvalue weighted by atomic mass is 16.5. The van der Waals surface area contributed by atoms with Crippen LogP contribution >= 0.6 is 0 Å². The smallest absolute Gasteiger partial charge is 0.272 e. The SMILES string of the molecule is Cn1cncc1C(=O)N1CCCC1COc1ccc(C(=O)NC2CC2)cc1. The maximum atomic E-state index is 12.7. The number of carbonyl (C=O) groups is 2. The number of hydrogen-bond acceptors (Lipinski definition) is 4. The highest BCUT2D eigenvalue weighted by Gasteiger charge is 2.31. The Morgan fingerprint density at radius 2 is 2.00 bits per heavy atom. The Bertz CT molecular complexity index is 826. The van der Waals surface area contributed by atoms with Crippen molar-refractivity contribution < 1.29 is 14.3 Å². The number of imidazole rings is 1. The minimum absolute atomic E-state index is 0.00630. The van der Waals surface area contributed by atoms with Crippen LogP contribution in [0.3, 0.4) is 0 Å². The van der Waals surface area contributed by atoms with Gasteiger partial charge in [0, 0.05) is 25.2 Å². The monoisotopic (exact) mass is 368 g/mol. The van der Waals surface area contributed by atoms with Crippen molar-refractivity contribution in [2.75, 3.05) is 13.2 Å². The van der Waals surface area contributed by atoms with Crippen molar-refractivity contribution in [2.24, 2.45) is 7.05 Å². The van der Waals surface area contributed by atoms with Crippen LogP contribution in [0, 0.1) is 0 Å². The molecule has 1 unspecified atom stereocenters. The van der Waals surface area contributed by atoms with E-state index in [1.54, 1.807) is 29.2 Å². The van der Waals surface area contributed by atoms with Crippen molar-refractivity contribution in [3.8, 4) is 5.75 Å². The van der Waals surface area contributed by atoms with E-state index in [9.17, 15) is 9.59 Å². The molecule has 27 heavy (non-hydrogen) atoms. The third-order valence-electron chi connectivity index (χ3n) is 5.15. The molecule has 0 bridgehead atoms. The largest absolute Gasteiger partial charge is 0.491 e. The average Bonchev–Trinajstić information content (AvgIpc) is 3.18. The molecular weight excluding hydrogens is 344 g/mol. The summed E-state index contributed by atoms with van der Waals surface area (Å²) >= 11 is 0. The Morgan fingerprint density at radius 1 is 1.22 bits per heavy atom. The Morgan fingerprint density at radius 3 is 2.67 bits per heavy atom. The molecule has 7 heteroatoms. The topological polar surface area (TPSA) is 76.5 Å². The zero-order valence-electron chi connectivity index (χ0n) is 15.4. The normalized spacial score (nSPS) is 19.1. The molecule has 7 nitrogen and oxygen atoms in total. The lowest BCUT2D eigenvalue weighted by atomic mass is 10.2. The van der Waals surface area contributed by atoms with Crippen molar-refractivity contribution in [3.05, 3.63) is 48.0 Å². The number of aryl methyl sites for hydroxylation is 1. The molecule has 4 rings (SSSR count). The predicted molar refractivity (Wildman–Crippen MR) is 99.7 cm³/mol. The molecule has 1 aliphatic heterocycles. The minimum atomic E-state index is -0.0345. The van der Waals surface area contributed by atoms with Gasteiger partial charge in [0.05, 0.1) is 18.6 Å². The zero-order chi connectivity index (χ0) is 18.8. The summed E-state index contributed by atoms with van der Waals surface area (Å²) in [6, 6.07) is 7.57. The fraction of sp³-hybridized carbons (Fsp3) is 0.450. The number of carbonyl (C=O) groups excluding carboxylic acids is 2. The molecule has 1 aromatic carbocycles. The first-order valence-electron chi connectivity index (χ1n) is 9.43. The van der Waals surface area contributed by atoms with Gasteiger partial charge < -0.3 is 19.5 Å². The molecule has 2 heterocycles. The summed E-state index contributed by atoms with van der Waals surface area (Å²) < 4.78 is 7.64. The summed E-state index contributed by atoms with van der Waals surface area (Å²) in [6.45, 7) is 1.18. The highest BCUT2D eigenvalue weighted by molar-refractivity contribution is 5.94. The standard InChI is InChI=1S/C20H24N4O3/c1-23-13-21-11-18(23)20(26)24-10-2-3-16(24)12-27-17-8-4-14(5-9-17)19(25)22-15-6-7-15/h4-5,8-9,11,13,15-16H,2-3,6-7,10,12H2,1H3,(H,22,25). The van der Waals surface area contributed by atoms with Gasteiger partial charge in [0.15, 0.2) is 0 Å². The third kappa shape index (κ3) is 3.97. The van der Waals surface area contributed by atoms with Crippen molar-refractivity contribution >= 4 is 11.8 Å². The highest BCUT2D eigenvalue weighted by Crippen LogP contribution is 2.22. The number of amides is 2. The average molecular weight is 368 g/mol. The van der Waals surface area contributed by atoms with Gasteiger partial charge in [0.25, 0.3) is 11.8 Å². The van der Waals surface area contributed by atoms with E-state index in [4.69, 9.17) is 4.74 Å². The first-order valence-corrected chi connectivity index (χ1v) is 9.43. The summed E-state index contributed by atoms with van der Waals surface area (Å²) in [5.74, 6) is 0.666. The molecular formula is C20H24N4O3. The van der Waals surface area contributed by atoms with Gasteiger partial charge in [-0.25, -0.2) is 4.98 Å². The van der Waals surface area contributed by atoms with E-state index in [1.165, 1.54) is 0 Å². The quantitative estimate of drug-likeness (QED) is 0.846. The minimum Gasteiger partial charge on any atom is -0.491 e. The van der Waals surface area contributed by atoms with Crippen LogP contribution in [0.25, 0.3) is 0 Å². The Balaban J connectivity index is 1.34. The van der Waals surface area contributed by atoms with Crippen LogP contribution in [-0.4, -0.2) is 51.5 Å². The number of rotatable bonds is 6. The molecule has 0 spiro atoms. The van der Waals surface area contributed by atoms with Gasteiger partial charge in [-0.2, -0.15) is 0 Å². The lowest BCUT2D eigenvalue weighted by Crippen LogP contribution is -2.39. The molecule has 2 amide bonds. The molecule has 2 aromatic rings. The summed E-state index contributed by atoms with van der Waals surface area (Å²) in [7, 11) is 1.82. The van der Waals surface area contributed by atoms with Gasteiger partial charge in [0.2, 0.25) is 0 Å². The molecule has 1 saturated carbocycles. The molecule has 2 aliphatic rings. The lowest BCUT2D eigenvalue weighted by Gasteiger charge is -2.24. The molecule has 1 N–H and O–H groups in total. The summed E-state index contributed by atoms with van der Waals surface area (Å²) in [6.07, 6.45) is 7.27. The number of likely N-dealkylation sites (tertiary alicyclic amines) is 1. The molecule has 1 atom stereocenters. The Labute approximate surface area is 158 Å². The maximum Gasteiger partial charge on any atom is 0.272 e. The van der Waals surface area contributed by atoms with Crippen LogP contribution in [0.15, 0.2) is 36.8 Å². The van der Waals surface area contributed by atoms with E-state index >= 15 is 0 Å². The fourth-order valence-electron chi connectivity index (χ4n) is 3.38. The van der Waals surface area contributed by atoms with Crippen LogP contribution in [-0.2, 0) is 7.05 Å². The van der Waals surface area contributed by atoms with Crippen molar-refractivity contribution in [3.63, 3.8) is 0 Å². The number of nitrogens with one attached hydrogen (secondary N) is 1. The van der Waals surface area contributed by atoms with Crippen LogP contribution in [0.2, 0.25) is 0 Å². The van der Waals surface area contributed by atoms with E-state index in [-0.39, 0.29) is 17.9 Å². The van der Waals surface area contributed by atoms with Crippen LogP contribution in [0.1, 0.15) is 46.5 Å². The second-order valence-corrected chi connectivity index (χ2v) is 7.27. The van der Waals surface area contributed by atoms with Gasteiger partial charge >= 0.3 is 0 Å². The molecule has 1 saturated heterocycles. The van der Waals surface area contributed by atoms with Crippen molar-refractivity contribution in [1.82, 2.24) is 19.8 Å². The van der Waals surface area contributed by atoms with Crippen LogP contribution in [0.5, 0.6) is 5.75 Å². The fourth-order valence-corrected chi connectivity index (χ4v) is 3.38. The molecule has 1 aliphatic carbocycles. The van der Waals surface area contributed by atoms with Crippen molar-refractivity contribution in [1.29, 1.82) is 0 Å². The van der Waals surface area contributed by atoms with E-state index < -0.39 is 0 Å². The van der Waals surface area contributed by atoms with Crippen LogP contribution in [0.4, 0.5) is 0 Å². The van der Waals surface area contributed by atoms with E-state index in [2.05, 4.69) is 10.3 Å².